The van der Waals surface area contributed by atoms with E-state index < -0.39 is 18.5 Å². The van der Waals surface area contributed by atoms with Crippen molar-refractivity contribution >= 4 is 40.5 Å². The Kier molecular flexibility index (Phi) is 5.90. The molecule has 0 bridgehead atoms. The van der Waals surface area contributed by atoms with E-state index in [9.17, 15) is 14.4 Å². The van der Waals surface area contributed by atoms with E-state index in [1.807, 2.05) is 42.0 Å². The van der Waals surface area contributed by atoms with E-state index in [0.717, 1.165) is 22.8 Å². The first-order chi connectivity index (χ1) is 15.0. The van der Waals surface area contributed by atoms with Gasteiger partial charge in [0, 0.05) is 24.4 Å². The van der Waals surface area contributed by atoms with Crippen LogP contribution in [0.3, 0.4) is 0 Å². The zero-order valence-electron chi connectivity index (χ0n) is 17.4. The lowest BCUT2D eigenvalue weighted by Gasteiger charge is -2.20. The summed E-state index contributed by atoms with van der Waals surface area (Å²) in [5, 5.41) is 5.35. The lowest BCUT2D eigenvalue weighted by molar-refractivity contribution is -0.119. The third-order valence-electron chi connectivity index (χ3n) is 5.22. The van der Waals surface area contributed by atoms with Gasteiger partial charge in [0.1, 0.15) is 5.00 Å². The standard InChI is InChI=1S/C23H23N3O4S/c1-15-9-10-16(2)26(15)22-17(11-13-31-22)23(29)30-14-20(27)24-18-6-3-4-7-19(18)25-12-5-8-21(25)28/h3-4,6-7,9-11,13H,5,8,12,14H2,1-2H3,(H,24,27). The van der Waals surface area contributed by atoms with Gasteiger partial charge in [0.15, 0.2) is 6.61 Å². The fraction of sp³-hybridized carbons (Fsp3) is 0.261. The number of anilines is 2. The van der Waals surface area contributed by atoms with Crippen molar-refractivity contribution in [3.05, 3.63) is 64.8 Å². The molecule has 2 aromatic heterocycles. The Morgan fingerprint density at radius 1 is 1.10 bits per heavy atom. The summed E-state index contributed by atoms with van der Waals surface area (Å²) in [6.07, 6.45) is 1.30. The molecule has 0 saturated carbocycles. The predicted octanol–water partition coefficient (Wildman–Crippen LogP) is 4.08. The number of benzene rings is 1. The normalized spacial score (nSPS) is 13.5. The van der Waals surface area contributed by atoms with E-state index in [2.05, 4.69) is 5.32 Å². The minimum absolute atomic E-state index is 0.0358. The van der Waals surface area contributed by atoms with E-state index in [-0.39, 0.29) is 5.91 Å². The summed E-state index contributed by atoms with van der Waals surface area (Å²) in [6, 6.07) is 12.8. The van der Waals surface area contributed by atoms with Gasteiger partial charge in [0.25, 0.3) is 5.91 Å². The summed E-state index contributed by atoms with van der Waals surface area (Å²) in [4.78, 5) is 38.9. The van der Waals surface area contributed by atoms with Crippen LogP contribution in [-0.2, 0) is 14.3 Å². The monoisotopic (exact) mass is 437 g/mol. The maximum atomic E-state index is 12.7. The maximum Gasteiger partial charge on any atom is 0.341 e. The van der Waals surface area contributed by atoms with Crippen molar-refractivity contribution in [2.24, 2.45) is 0 Å². The molecule has 1 aliphatic heterocycles. The highest BCUT2D eigenvalue weighted by Crippen LogP contribution is 2.29. The molecule has 1 saturated heterocycles. The van der Waals surface area contributed by atoms with Crippen LogP contribution in [0, 0.1) is 13.8 Å². The number of hydrogen-bond donors (Lipinski definition) is 1. The number of carbonyl (C=O) groups excluding carboxylic acids is 3. The zero-order valence-corrected chi connectivity index (χ0v) is 18.2. The minimum Gasteiger partial charge on any atom is -0.452 e. The molecule has 2 amide bonds. The van der Waals surface area contributed by atoms with Crippen LogP contribution in [0.5, 0.6) is 0 Å². The summed E-state index contributed by atoms with van der Waals surface area (Å²) in [5.74, 6) is -0.979. The van der Waals surface area contributed by atoms with E-state index in [1.54, 1.807) is 29.2 Å². The lowest BCUT2D eigenvalue weighted by atomic mass is 10.2. The van der Waals surface area contributed by atoms with Crippen LogP contribution in [0.1, 0.15) is 34.6 Å². The fourth-order valence-electron chi connectivity index (χ4n) is 3.73. The predicted molar refractivity (Wildman–Crippen MR) is 120 cm³/mol. The Morgan fingerprint density at radius 3 is 2.55 bits per heavy atom. The number of amides is 2. The molecule has 160 valence electrons. The van der Waals surface area contributed by atoms with Gasteiger partial charge in [-0.1, -0.05) is 12.1 Å². The number of thiophene rings is 1. The molecule has 4 rings (SSSR count). The molecule has 31 heavy (non-hydrogen) atoms. The molecule has 1 aliphatic rings. The SMILES string of the molecule is Cc1ccc(C)n1-c1sccc1C(=O)OCC(=O)Nc1ccccc1N1CCCC1=O. The number of hydrogen-bond acceptors (Lipinski definition) is 5. The third kappa shape index (κ3) is 4.25. The van der Waals surface area contributed by atoms with Crippen molar-refractivity contribution < 1.29 is 19.1 Å². The molecule has 0 radical (unpaired) electrons. The summed E-state index contributed by atoms with van der Waals surface area (Å²) in [5.41, 5.74) is 3.62. The number of esters is 1. The Balaban J connectivity index is 1.43. The van der Waals surface area contributed by atoms with Crippen LogP contribution in [0.25, 0.3) is 5.00 Å². The summed E-state index contributed by atoms with van der Waals surface area (Å²) in [7, 11) is 0. The van der Waals surface area contributed by atoms with Gasteiger partial charge in [0.05, 0.1) is 16.9 Å². The Labute approximate surface area is 184 Å². The molecule has 3 aromatic rings. The van der Waals surface area contributed by atoms with Crippen molar-refractivity contribution in [1.82, 2.24) is 4.57 Å². The van der Waals surface area contributed by atoms with E-state index in [1.165, 1.54) is 11.3 Å². The third-order valence-corrected chi connectivity index (χ3v) is 6.11. The van der Waals surface area contributed by atoms with Crippen LogP contribution in [0.15, 0.2) is 47.8 Å². The van der Waals surface area contributed by atoms with Crippen LogP contribution >= 0.6 is 11.3 Å². The second-order valence-electron chi connectivity index (χ2n) is 7.38. The topological polar surface area (TPSA) is 80.6 Å². The van der Waals surface area contributed by atoms with Crippen LogP contribution in [-0.4, -0.2) is 35.5 Å². The number of aryl methyl sites for hydroxylation is 2. The Bertz CT molecular complexity index is 1130. The van der Waals surface area contributed by atoms with Gasteiger partial charge < -0.3 is 19.5 Å². The van der Waals surface area contributed by atoms with Crippen molar-refractivity contribution in [1.29, 1.82) is 0 Å². The van der Waals surface area contributed by atoms with E-state index >= 15 is 0 Å². The van der Waals surface area contributed by atoms with Crippen LogP contribution < -0.4 is 10.2 Å². The molecule has 8 heteroatoms. The first kappa shape index (κ1) is 20.9. The Hall–Kier alpha value is -3.39. The summed E-state index contributed by atoms with van der Waals surface area (Å²) >= 11 is 1.44. The Morgan fingerprint density at radius 2 is 1.84 bits per heavy atom. The summed E-state index contributed by atoms with van der Waals surface area (Å²) in [6.45, 7) is 4.15. The average Bonchev–Trinajstić information content (AvgIpc) is 3.47. The molecule has 3 heterocycles. The summed E-state index contributed by atoms with van der Waals surface area (Å²) < 4.78 is 7.28. The van der Waals surface area contributed by atoms with Gasteiger partial charge in [-0.05, 0) is 56.0 Å². The quantitative estimate of drug-likeness (QED) is 0.590. The average molecular weight is 438 g/mol. The number of nitrogens with zero attached hydrogens (tertiary/aromatic N) is 2. The highest BCUT2D eigenvalue weighted by atomic mass is 32.1. The molecule has 1 aromatic carbocycles. The minimum atomic E-state index is -0.554. The van der Waals surface area contributed by atoms with E-state index in [0.29, 0.717) is 29.9 Å². The van der Waals surface area contributed by atoms with E-state index in [4.69, 9.17) is 4.74 Å². The molecule has 7 nitrogen and oxygen atoms in total. The number of nitrogens with one attached hydrogen (secondary N) is 1. The number of para-hydroxylation sites is 2. The second kappa shape index (κ2) is 8.77. The molecular formula is C23H23N3O4S. The highest BCUT2D eigenvalue weighted by molar-refractivity contribution is 7.13. The van der Waals surface area contributed by atoms with Crippen LogP contribution in [0.2, 0.25) is 0 Å². The van der Waals surface area contributed by atoms with Crippen molar-refractivity contribution in [3.8, 4) is 5.00 Å². The zero-order chi connectivity index (χ0) is 22.0. The molecule has 0 atom stereocenters. The van der Waals surface area contributed by atoms with Crippen molar-refractivity contribution in [3.63, 3.8) is 0 Å². The van der Waals surface area contributed by atoms with Crippen LogP contribution in [0.4, 0.5) is 11.4 Å². The molecule has 0 spiro atoms. The molecule has 1 fully saturated rings. The number of carbonyl (C=O) groups is 3. The van der Waals surface area contributed by atoms with Gasteiger partial charge in [-0.2, -0.15) is 0 Å². The number of rotatable bonds is 6. The number of ether oxygens (including phenoxy) is 1. The van der Waals surface area contributed by atoms with Crippen molar-refractivity contribution in [2.75, 3.05) is 23.4 Å². The lowest BCUT2D eigenvalue weighted by Crippen LogP contribution is -2.27. The van der Waals surface area contributed by atoms with Gasteiger partial charge >= 0.3 is 5.97 Å². The highest BCUT2D eigenvalue weighted by Gasteiger charge is 2.24. The largest absolute Gasteiger partial charge is 0.452 e. The fourth-order valence-corrected chi connectivity index (χ4v) is 4.74. The second-order valence-corrected chi connectivity index (χ2v) is 8.28. The molecule has 0 aliphatic carbocycles. The number of aromatic nitrogens is 1. The first-order valence-corrected chi connectivity index (χ1v) is 10.9. The van der Waals surface area contributed by atoms with Gasteiger partial charge in [-0.25, -0.2) is 4.79 Å². The molecule has 0 unspecified atom stereocenters. The van der Waals surface area contributed by atoms with Gasteiger partial charge in [0.2, 0.25) is 5.91 Å². The molecular weight excluding hydrogens is 414 g/mol. The maximum absolute atomic E-state index is 12.7. The first-order valence-electron chi connectivity index (χ1n) is 10.0. The van der Waals surface area contributed by atoms with Gasteiger partial charge in [-0.15, -0.1) is 11.3 Å². The van der Waals surface area contributed by atoms with Crippen molar-refractivity contribution in [2.45, 2.75) is 26.7 Å². The molecule has 1 N–H and O–H groups in total. The van der Waals surface area contributed by atoms with Gasteiger partial charge in [-0.3, -0.25) is 9.59 Å². The smallest absolute Gasteiger partial charge is 0.341 e.